The van der Waals surface area contributed by atoms with Crippen molar-refractivity contribution >= 4 is 6.20 Å². The fourth-order valence-corrected chi connectivity index (χ4v) is 2.37. The van der Waals surface area contributed by atoms with Crippen LogP contribution in [-0.4, -0.2) is 9.78 Å². The lowest BCUT2D eigenvalue weighted by atomic mass is 10.00. The maximum atomic E-state index is 4.18. The standard InChI is InChI=1S/C18H25N3/c1-5-21-13-17(12-20-21)11-19-15(4)18-8-6-16(7-9-18)10-14(2)3/h5-9,12-15,19H,1,10-11H2,2-4H3. The summed E-state index contributed by atoms with van der Waals surface area (Å²) in [5, 5.41) is 7.71. The van der Waals surface area contributed by atoms with Gasteiger partial charge in [-0.1, -0.05) is 44.7 Å². The van der Waals surface area contributed by atoms with Gasteiger partial charge in [0.25, 0.3) is 0 Å². The molecule has 0 fully saturated rings. The molecule has 21 heavy (non-hydrogen) atoms. The Balaban J connectivity index is 1.90. The zero-order valence-electron chi connectivity index (χ0n) is 13.2. The van der Waals surface area contributed by atoms with Gasteiger partial charge in [-0.3, -0.25) is 0 Å². The molecule has 0 amide bonds. The van der Waals surface area contributed by atoms with E-state index >= 15 is 0 Å². The third kappa shape index (κ3) is 4.57. The third-order valence-corrected chi connectivity index (χ3v) is 3.58. The lowest BCUT2D eigenvalue weighted by Gasteiger charge is -2.14. The van der Waals surface area contributed by atoms with Gasteiger partial charge in [-0.2, -0.15) is 5.10 Å². The van der Waals surface area contributed by atoms with Gasteiger partial charge in [-0.25, -0.2) is 4.68 Å². The smallest absolute Gasteiger partial charge is 0.0538 e. The Morgan fingerprint density at radius 1 is 1.19 bits per heavy atom. The van der Waals surface area contributed by atoms with Gasteiger partial charge in [0.15, 0.2) is 0 Å². The van der Waals surface area contributed by atoms with Crippen LogP contribution >= 0.6 is 0 Å². The van der Waals surface area contributed by atoms with Crippen molar-refractivity contribution in [3.8, 4) is 0 Å². The van der Waals surface area contributed by atoms with Gasteiger partial charge < -0.3 is 5.32 Å². The van der Waals surface area contributed by atoms with E-state index in [1.54, 1.807) is 10.9 Å². The van der Waals surface area contributed by atoms with Crippen molar-refractivity contribution < 1.29 is 0 Å². The van der Waals surface area contributed by atoms with Gasteiger partial charge in [0, 0.05) is 30.5 Å². The first-order chi connectivity index (χ1) is 10.1. The van der Waals surface area contributed by atoms with E-state index in [0.29, 0.717) is 12.0 Å². The van der Waals surface area contributed by atoms with Crippen LogP contribution in [0.1, 0.15) is 43.5 Å². The first-order valence-electron chi connectivity index (χ1n) is 7.56. The molecule has 0 aliphatic rings. The predicted molar refractivity (Wildman–Crippen MR) is 88.9 cm³/mol. The molecular formula is C18H25N3. The number of nitrogens with zero attached hydrogens (tertiary/aromatic N) is 2. The maximum absolute atomic E-state index is 4.18. The van der Waals surface area contributed by atoms with Crippen LogP contribution in [0.25, 0.3) is 6.20 Å². The van der Waals surface area contributed by atoms with Crippen molar-refractivity contribution in [1.29, 1.82) is 0 Å². The number of hydrogen-bond acceptors (Lipinski definition) is 2. The fourth-order valence-electron chi connectivity index (χ4n) is 2.37. The molecule has 112 valence electrons. The zero-order chi connectivity index (χ0) is 15.2. The van der Waals surface area contributed by atoms with E-state index in [2.05, 4.69) is 62.0 Å². The lowest BCUT2D eigenvalue weighted by Crippen LogP contribution is -2.17. The SMILES string of the molecule is C=Cn1cc(CNC(C)c2ccc(CC(C)C)cc2)cn1. The molecule has 1 N–H and O–H groups in total. The van der Waals surface area contributed by atoms with Gasteiger partial charge in [-0.05, 0) is 30.4 Å². The zero-order valence-corrected chi connectivity index (χ0v) is 13.2. The molecule has 1 atom stereocenters. The molecule has 1 aromatic heterocycles. The minimum Gasteiger partial charge on any atom is -0.306 e. The Hall–Kier alpha value is -1.87. The Labute approximate surface area is 127 Å². The first kappa shape index (κ1) is 15.5. The summed E-state index contributed by atoms with van der Waals surface area (Å²) in [7, 11) is 0. The van der Waals surface area contributed by atoms with Crippen LogP contribution in [0.15, 0.2) is 43.2 Å². The Kier molecular flexibility index (Phi) is 5.34. The molecule has 3 heteroatoms. The highest BCUT2D eigenvalue weighted by Gasteiger charge is 2.06. The van der Waals surface area contributed by atoms with Crippen LogP contribution in [0, 0.1) is 5.92 Å². The molecule has 0 radical (unpaired) electrons. The van der Waals surface area contributed by atoms with Crippen LogP contribution in [0.3, 0.4) is 0 Å². The van der Waals surface area contributed by atoms with Crippen molar-refractivity contribution in [2.75, 3.05) is 0 Å². The monoisotopic (exact) mass is 283 g/mol. The molecule has 3 nitrogen and oxygen atoms in total. The molecule has 0 saturated heterocycles. The minimum absolute atomic E-state index is 0.324. The van der Waals surface area contributed by atoms with Crippen LogP contribution < -0.4 is 5.32 Å². The van der Waals surface area contributed by atoms with Crippen molar-refractivity contribution in [3.63, 3.8) is 0 Å². The lowest BCUT2D eigenvalue weighted by molar-refractivity contribution is 0.574. The molecule has 0 aliphatic carbocycles. The van der Waals surface area contributed by atoms with E-state index in [1.165, 1.54) is 11.1 Å². The molecule has 2 aromatic rings. The van der Waals surface area contributed by atoms with Crippen molar-refractivity contribution in [2.24, 2.45) is 5.92 Å². The third-order valence-electron chi connectivity index (χ3n) is 3.58. The average molecular weight is 283 g/mol. The largest absolute Gasteiger partial charge is 0.306 e. The number of benzene rings is 1. The molecule has 0 saturated carbocycles. The second kappa shape index (κ2) is 7.23. The summed E-state index contributed by atoms with van der Waals surface area (Å²) in [4.78, 5) is 0. The quantitative estimate of drug-likeness (QED) is 0.831. The van der Waals surface area contributed by atoms with Crippen LogP contribution in [0.4, 0.5) is 0 Å². The Morgan fingerprint density at radius 3 is 2.48 bits per heavy atom. The van der Waals surface area contributed by atoms with E-state index in [1.807, 2.05) is 12.4 Å². The molecule has 0 spiro atoms. The van der Waals surface area contributed by atoms with Crippen molar-refractivity contribution in [1.82, 2.24) is 15.1 Å². The molecule has 0 bridgehead atoms. The molecular weight excluding hydrogens is 258 g/mol. The van der Waals surface area contributed by atoms with Gasteiger partial charge in [0.2, 0.25) is 0 Å². The molecule has 1 unspecified atom stereocenters. The second-order valence-corrected chi connectivity index (χ2v) is 5.95. The summed E-state index contributed by atoms with van der Waals surface area (Å²) in [6, 6.07) is 9.25. The van der Waals surface area contributed by atoms with Crippen LogP contribution in [0.5, 0.6) is 0 Å². The second-order valence-electron chi connectivity index (χ2n) is 5.95. The molecule has 0 aliphatic heterocycles. The normalized spacial score (nSPS) is 12.6. The van der Waals surface area contributed by atoms with E-state index in [9.17, 15) is 0 Å². The summed E-state index contributed by atoms with van der Waals surface area (Å²) in [6.07, 6.45) is 6.69. The minimum atomic E-state index is 0.324. The topological polar surface area (TPSA) is 29.9 Å². The molecule has 1 aromatic carbocycles. The van der Waals surface area contributed by atoms with E-state index in [4.69, 9.17) is 0 Å². The highest BCUT2D eigenvalue weighted by molar-refractivity contribution is 5.25. The van der Waals surface area contributed by atoms with E-state index < -0.39 is 0 Å². The first-order valence-corrected chi connectivity index (χ1v) is 7.56. The van der Waals surface area contributed by atoms with E-state index in [-0.39, 0.29) is 0 Å². The summed E-state index contributed by atoms with van der Waals surface area (Å²) in [6.45, 7) is 11.2. The molecule has 2 rings (SSSR count). The van der Waals surface area contributed by atoms with Crippen LogP contribution in [-0.2, 0) is 13.0 Å². The fraction of sp³-hybridized carbons (Fsp3) is 0.389. The number of nitrogens with one attached hydrogen (secondary N) is 1. The van der Waals surface area contributed by atoms with Gasteiger partial charge in [0.05, 0.1) is 6.20 Å². The molecule has 1 heterocycles. The van der Waals surface area contributed by atoms with Gasteiger partial charge in [0.1, 0.15) is 0 Å². The average Bonchev–Trinajstić information content (AvgIpc) is 2.93. The number of rotatable bonds is 7. The Bertz CT molecular complexity index is 566. The summed E-state index contributed by atoms with van der Waals surface area (Å²) in [5.41, 5.74) is 3.89. The number of hydrogen-bond donors (Lipinski definition) is 1. The maximum Gasteiger partial charge on any atom is 0.0538 e. The highest BCUT2D eigenvalue weighted by atomic mass is 15.2. The number of aromatic nitrogens is 2. The summed E-state index contributed by atoms with van der Waals surface area (Å²) in [5.74, 6) is 0.702. The van der Waals surface area contributed by atoms with Gasteiger partial charge >= 0.3 is 0 Å². The van der Waals surface area contributed by atoms with Crippen molar-refractivity contribution in [2.45, 2.75) is 39.8 Å². The van der Waals surface area contributed by atoms with Gasteiger partial charge in [-0.15, -0.1) is 0 Å². The van der Waals surface area contributed by atoms with Crippen LogP contribution in [0.2, 0.25) is 0 Å². The van der Waals surface area contributed by atoms with E-state index in [0.717, 1.165) is 18.5 Å². The predicted octanol–water partition coefficient (Wildman–Crippen LogP) is 4.03. The Morgan fingerprint density at radius 2 is 1.90 bits per heavy atom. The van der Waals surface area contributed by atoms with Crippen molar-refractivity contribution in [3.05, 3.63) is 59.9 Å². The highest BCUT2D eigenvalue weighted by Crippen LogP contribution is 2.16. The summed E-state index contributed by atoms with van der Waals surface area (Å²) >= 11 is 0. The summed E-state index contributed by atoms with van der Waals surface area (Å²) < 4.78 is 1.72.